The maximum absolute atomic E-state index is 12.9. The van der Waals surface area contributed by atoms with Gasteiger partial charge in [0.15, 0.2) is 0 Å². The number of nitrogens with one attached hydrogen (secondary N) is 1. The molecular weight excluding hydrogens is 338 g/mol. The Morgan fingerprint density at radius 3 is 2.21 bits per heavy atom. The summed E-state index contributed by atoms with van der Waals surface area (Å²) in [7, 11) is 0. The van der Waals surface area contributed by atoms with Gasteiger partial charge in [0, 0.05) is 15.6 Å². The standard InChI is InChI=1S/C20H16ClNOS/c21-16-10-7-11-17(14-16)22-20(23)19(15-8-3-1-4-9-15)24-18-12-5-2-6-13-18/h1-14,19H,(H,22,23). The molecule has 0 saturated carbocycles. The Hall–Kier alpha value is -2.23. The summed E-state index contributed by atoms with van der Waals surface area (Å²) < 4.78 is 0. The molecule has 24 heavy (non-hydrogen) atoms. The molecule has 1 unspecified atom stereocenters. The summed E-state index contributed by atoms with van der Waals surface area (Å²) in [6, 6.07) is 26.9. The molecule has 120 valence electrons. The lowest BCUT2D eigenvalue weighted by Crippen LogP contribution is -2.19. The highest BCUT2D eigenvalue weighted by Gasteiger charge is 2.22. The van der Waals surface area contributed by atoms with Gasteiger partial charge in [-0.15, -0.1) is 11.8 Å². The summed E-state index contributed by atoms with van der Waals surface area (Å²) in [5.74, 6) is -0.0719. The Kier molecular flexibility index (Phi) is 5.57. The molecule has 0 aliphatic heterocycles. The van der Waals surface area contributed by atoms with Crippen molar-refractivity contribution in [1.82, 2.24) is 0 Å². The highest BCUT2D eigenvalue weighted by atomic mass is 35.5. The van der Waals surface area contributed by atoms with E-state index in [1.165, 1.54) is 11.8 Å². The van der Waals surface area contributed by atoms with E-state index in [1.807, 2.05) is 72.8 Å². The summed E-state index contributed by atoms with van der Waals surface area (Å²) in [6.07, 6.45) is 0. The van der Waals surface area contributed by atoms with Gasteiger partial charge in [0.05, 0.1) is 0 Å². The first-order chi connectivity index (χ1) is 11.7. The predicted molar refractivity (Wildman–Crippen MR) is 102 cm³/mol. The average Bonchev–Trinajstić information content (AvgIpc) is 2.61. The van der Waals surface area contributed by atoms with E-state index in [2.05, 4.69) is 5.32 Å². The number of thioether (sulfide) groups is 1. The van der Waals surface area contributed by atoms with Crippen LogP contribution in [0, 0.1) is 0 Å². The molecule has 1 N–H and O–H groups in total. The van der Waals surface area contributed by atoms with E-state index in [0.29, 0.717) is 10.7 Å². The van der Waals surface area contributed by atoms with Gasteiger partial charge in [-0.25, -0.2) is 0 Å². The van der Waals surface area contributed by atoms with E-state index in [-0.39, 0.29) is 11.2 Å². The first-order valence-corrected chi connectivity index (χ1v) is 8.81. The van der Waals surface area contributed by atoms with Crippen molar-refractivity contribution < 1.29 is 4.79 Å². The van der Waals surface area contributed by atoms with Gasteiger partial charge in [-0.1, -0.05) is 66.2 Å². The van der Waals surface area contributed by atoms with Crippen LogP contribution in [0.5, 0.6) is 0 Å². The zero-order valence-corrected chi connectivity index (χ0v) is 14.4. The summed E-state index contributed by atoms with van der Waals surface area (Å²) in [5, 5.41) is 3.21. The predicted octanol–water partition coefficient (Wildman–Crippen LogP) is 5.81. The minimum atomic E-state index is -0.340. The number of hydrogen-bond donors (Lipinski definition) is 1. The average molecular weight is 354 g/mol. The van der Waals surface area contributed by atoms with E-state index in [4.69, 9.17) is 11.6 Å². The normalized spacial score (nSPS) is 11.7. The van der Waals surface area contributed by atoms with Crippen LogP contribution in [-0.4, -0.2) is 5.91 Å². The third-order valence-electron chi connectivity index (χ3n) is 3.43. The van der Waals surface area contributed by atoms with Crippen LogP contribution >= 0.6 is 23.4 Å². The Morgan fingerprint density at radius 1 is 0.875 bits per heavy atom. The second-order valence-corrected chi connectivity index (χ2v) is 6.84. The van der Waals surface area contributed by atoms with Crippen LogP contribution in [0.15, 0.2) is 89.8 Å². The molecule has 3 aromatic rings. The summed E-state index contributed by atoms with van der Waals surface area (Å²) in [4.78, 5) is 13.9. The van der Waals surface area contributed by atoms with Crippen molar-refractivity contribution in [2.45, 2.75) is 10.1 Å². The maximum atomic E-state index is 12.9. The zero-order valence-electron chi connectivity index (χ0n) is 12.9. The molecule has 0 spiro atoms. The second kappa shape index (κ2) is 8.04. The van der Waals surface area contributed by atoms with Gasteiger partial charge in [-0.05, 0) is 35.9 Å². The minimum absolute atomic E-state index is 0.0719. The largest absolute Gasteiger partial charge is 0.325 e. The van der Waals surface area contributed by atoms with Crippen LogP contribution in [0.4, 0.5) is 5.69 Å². The molecule has 0 aliphatic rings. The molecule has 0 radical (unpaired) electrons. The first kappa shape index (κ1) is 16.6. The van der Waals surface area contributed by atoms with Crippen LogP contribution in [-0.2, 0) is 4.79 Å². The molecule has 3 aromatic carbocycles. The van der Waals surface area contributed by atoms with E-state index in [0.717, 1.165) is 10.5 Å². The fourth-order valence-corrected chi connectivity index (χ4v) is 3.55. The van der Waals surface area contributed by atoms with Crippen molar-refractivity contribution in [3.63, 3.8) is 0 Å². The van der Waals surface area contributed by atoms with E-state index in [9.17, 15) is 4.79 Å². The lowest BCUT2D eigenvalue weighted by molar-refractivity contribution is -0.115. The molecular formula is C20H16ClNOS. The van der Waals surface area contributed by atoms with Crippen LogP contribution in [0.1, 0.15) is 10.8 Å². The van der Waals surface area contributed by atoms with Gasteiger partial charge in [0.1, 0.15) is 5.25 Å². The number of carbonyl (C=O) groups excluding carboxylic acids is 1. The quantitative estimate of drug-likeness (QED) is 0.586. The topological polar surface area (TPSA) is 29.1 Å². The smallest absolute Gasteiger partial charge is 0.242 e. The molecule has 3 rings (SSSR count). The molecule has 1 atom stereocenters. The number of benzene rings is 3. The highest BCUT2D eigenvalue weighted by molar-refractivity contribution is 8.00. The number of halogens is 1. The van der Waals surface area contributed by atoms with Gasteiger partial charge < -0.3 is 5.32 Å². The Morgan fingerprint density at radius 2 is 1.54 bits per heavy atom. The Balaban J connectivity index is 1.85. The maximum Gasteiger partial charge on any atom is 0.242 e. The van der Waals surface area contributed by atoms with Crippen molar-refractivity contribution in [1.29, 1.82) is 0 Å². The van der Waals surface area contributed by atoms with Gasteiger partial charge in [0.2, 0.25) is 5.91 Å². The molecule has 0 bridgehead atoms. The molecule has 0 saturated heterocycles. The highest BCUT2D eigenvalue weighted by Crippen LogP contribution is 2.36. The van der Waals surface area contributed by atoms with Gasteiger partial charge in [-0.3, -0.25) is 4.79 Å². The SMILES string of the molecule is O=C(Nc1cccc(Cl)c1)C(Sc1ccccc1)c1ccccc1. The second-order valence-electron chi connectivity index (χ2n) is 5.22. The molecule has 0 fully saturated rings. The first-order valence-electron chi connectivity index (χ1n) is 7.55. The molecule has 4 heteroatoms. The van der Waals surface area contributed by atoms with Gasteiger partial charge in [0.25, 0.3) is 0 Å². The van der Waals surface area contributed by atoms with Crippen molar-refractivity contribution >= 4 is 35.0 Å². The lowest BCUT2D eigenvalue weighted by Gasteiger charge is -2.17. The fraction of sp³-hybridized carbons (Fsp3) is 0.0500. The van der Waals surface area contributed by atoms with Gasteiger partial charge >= 0.3 is 0 Å². The van der Waals surface area contributed by atoms with Crippen molar-refractivity contribution in [3.8, 4) is 0 Å². The monoisotopic (exact) mass is 353 g/mol. The number of anilines is 1. The third-order valence-corrected chi connectivity index (χ3v) is 4.93. The molecule has 0 aliphatic carbocycles. The number of rotatable bonds is 5. The third kappa shape index (κ3) is 4.40. The zero-order chi connectivity index (χ0) is 16.8. The summed E-state index contributed by atoms with van der Waals surface area (Å²) in [5.41, 5.74) is 1.66. The van der Waals surface area contributed by atoms with Crippen molar-refractivity contribution in [3.05, 3.63) is 95.5 Å². The van der Waals surface area contributed by atoms with Gasteiger partial charge in [-0.2, -0.15) is 0 Å². The fourth-order valence-electron chi connectivity index (χ4n) is 2.31. The minimum Gasteiger partial charge on any atom is -0.325 e. The van der Waals surface area contributed by atoms with Crippen LogP contribution in [0.3, 0.4) is 0 Å². The number of carbonyl (C=O) groups is 1. The number of hydrogen-bond acceptors (Lipinski definition) is 2. The van der Waals surface area contributed by atoms with Crippen LogP contribution < -0.4 is 5.32 Å². The van der Waals surface area contributed by atoms with E-state index >= 15 is 0 Å². The molecule has 2 nitrogen and oxygen atoms in total. The summed E-state index contributed by atoms with van der Waals surface area (Å²) in [6.45, 7) is 0. The number of amides is 1. The lowest BCUT2D eigenvalue weighted by atomic mass is 10.1. The van der Waals surface area contributed by atoms with Crippen LogP contribution in [0.25, 0.3) is 0 Å². The van der Waals surface area contributed by atoms with Crippen molar-refractivity contribution in [2.24, 2.45) is 0 Å². The van der Waals surface area contributed by atoms with E-state index in [1.54, 1.807) is 12.1 Å². The Labute approximate surface area is 150 Å². The molecule has 0 aromatic heterocycles. The molecule has 1 amide bonds. The molecule has 0 heterocycles. The van der Waals surface area contributed by atoms with Crippen molar-refractivity contribution in [2.75, 3.05) is 5.32 Å². The van der Waals surface area contributed by atoms with E-state index < -0.39 is 0 Å². The Bertz CT molecular complexity index is 808. The van der Waals surface area contributed by atoms with Crippen LogP contribution in [0.2, 0.25) is 5.02 Å². The summed E-state index contributed by atoms with van der Waals surface area (Å²) >= 11 is 7.53.